The Balaban J connectivity index is 1.98. The molecule has 0 bridgehead atoms. The predicted molar refractivity (Wildman–Crippen MR) is 89.4 cm³/mol. The number of nitrogens with zero attached hydrogens (tertiary/aromatic N) is 2. The molecule has 0 unspecified atom stereocenters. The molecule has 0 radical (unpaired) electrons. The van der Waals surface area contributed by atoms with E-state index in [-0.39, 0.29) is 17.9 Å². The van der Waals surface area contributed by atoms with Crippen LogP contribution in [0.5, 0.6) is 0 Å². The molecule has 26 heavy (non-hydrogen) atoms. The Kier molecular flexibility index (Phi) is 4.27. The molecule has 134 valence electrons. The molecule has 0 atom stereocenters. The number of carbonyl (C=O) groups is 1. The van der Waals surface area contributed by atoms with Crippen LogP contribution in [-0.4, -0.2) is 25.0 Å². The van der Waals surface area contributed by atoms with Crippen molar-refractivity contribution in [3.05, 3.63) is 83.7 Å². The molecule has 0 spiro atoms. The summed E-state index contributed by atoms with van der Waals surface area (Å²) in [6, 6.07) is 4.16. The summed E-state index contributed by atoms with van der Waals surface area (Å²) in [6.07, 6.45) is 2.35. The van der Waals surface area contributed by atoms with E-state index in [2.05, 4.69) is 10.3 Å². The van der Waals surface area contributed by atoms with Crippen LogP contribution in [0.4, 0.5) is 5.82 Å². The van der Waals surface area contributed by atoms with Crippen molar-refractivity contribution in [1.29, 1.82) is 0 Å². The maximum absolute atomic E-state index is 12.5. The van der Waals surface area contributed by atoms with Gasteiger partial charge in [0.05, 0.1) is 12.8 Å². The topological polar surface area (TPSA) is 152 Å². The first-order valence-corrected chi connectivity index (χ1v) is 7.33. The molecular weight excluding hydrogens is 346 g/mol. The van der Waals surface area contributed by atoms with E-state index in [0.717, 1.165) is 21.4 Å². The second kappa shape index (κ2) is 6.55. The lowest BCUT2D eigenvalue weighted by Gasteiger charge is -2.09. The summed E-state index contributed by atoms with van der Waals surface area (Å²) in [4.78, 5) is 64.0. The maximum Gasteiger partial charge on any atom is 0.329 e. The fourth-order valence-electron chi connectivity index (χ4n) is 2.24. The van der Waals surface area contributed by atoms with Gasteiger partial charge < -0.3 is 14.7 Å². The van der Waals surface area contributed by atoms with Crippen molar-refractivity contribution in [3.63, 3.8) is 0 Å². The van der Waals surface area contributed by atoms with Gasteiger partial charge >= 0.3 is 11.4 Å². The van der Waals surface area contributed by atoms with Crippen molar-refractivity contribution in [3.8, 4) is 0 Å². The second-order valence-electron chi connectivity index (χ2n) is 5.32. The number of nitrogens with one attached hydrogen (secondary N) is 3. The van der Waals surface area contributed by atoms with E-state index in [1.807, 2.05) is 4.98 Å². The first-order valence-electron chi connectivity index (χ1n) is 7.33. The van der Waals surface area contributed by atoms with Crippen LogP contribution >= 0.6 is 0 Å². The summed E-state index contributed by atoms with van der Waals surface area (Å²) in [6.45, 7) is -0.161. The Morgan fingerprint density at radius 2 is 2.00 bits per heavy atom. The third-order valence-corrected chi connectivity index (χ3v) is 3.60. The molecule has 0 aliphatic carbocycles. The van der Waals surface area contributed by atoms with Gasteiger partial charge in [-0.15, -0.1) is 0 Å². The van der Waals surface area contributed by atoms with E-state index in [9.17, 15) is 24.0 Å². The molecule has 0 aromatic carbocycles. The van der Waals surface area contributed by atoms with Crippen LogP contribution in [0.1, 0.15) is 16.1 Å². The standard InChI is InChI=1S/C15H13N5O6/c1-19-10(5-11(21)18-15(19)25)17-12(22)9-6-16-14(24)20(13(9)23)7-8-3-2-4-26-8/h2-6H,7H2,1H3,(H,16,24)(H,17,22)(H,18,21,25). The van der Waals surface area contributed by atoms with Gasteiger partial charge in [0.2, 0.25) is 0 Å². The molecule has 3 rings (SSSR count). The van der Waals surface area contributed by atoms with E-state index in [4.69, 9.17) is 4.42 Å². The zero-order valence-electron chi connectivity index (χ0n) is 13.4. The molecule has 1 amide bonds. The lowest BCUT2D eigenvalue weighted by molar-refractivity contribution is 0.102. The predicted octanol–water partition coefficient (Wildman–Crippen LogP) is -1.18. The summed E-state index contributed by atoms with van der Waals surface area (Å²) >= 11 is 0. The average Bonchev–Trinajstić information content (AvgIpc) is 3.09. The van der Waals surface area contributed by atoms with Gasteiger partial charge in [-0.25, -0.2) is 9.59 Å². The maximum atomic E-state index is 12.5. The quantitative estimate of drug-likeness (QED) is 0.533. The van der Waals surface area contributed by atoms with Crippen molar-refractivity contribution in [2.24, 2.45) is 7.05 Å². The fraction of sp³-hybridized carbons (Fsp3) is 0.133. The summed E-state index contributed by atoms with van der Waals surface area (Å²) in [5.74, 6) is -0.640. The summed E-state index contributed by atoms with van der Waals surface area (Å²) in [5, 5.41) is 2.30. The highest BCUT2D eigenvalue weighted by molar-refractivity contribution is 6.03. The van der Waals surface area contributed by atoms with Gasteiger partial charge in [-0.3, -0.25) is 28.5 Å². The van der Waals surface area contributed by atoms with Crippen molar-refractivity contribution in [1.82, 2.24) is 19.1 Å². The minimum absolute atomic E-state index is 0.105. The largest absolute Gasteiger partial charge is 0.467 e. The Bertz CT molecular complexity index is 1190. The highest BCUT2D eigenvalue weighted by atomic mass is 16.3. The van der Waals surface area contributed by atoms with Gasteiger partial charge in [0.15, 0.2) is 0 Å². The van der Waals surface area contributed by atoms with Gasteiger partial charge in [-0.2, -0.15) is 0 Å². The van der Waals surface area contributed by atoms with Crippen LogP contribution in [0.3, 0.4) is 0 Å². The molecule has 3 aromatic rings. The van der Waals surface area contributed by atoms with Gasteiger partial charge in [0, 0.05) is 19.3 Å². The normalized spacial score (nSPS) is 10.7. The average molecular weight is 359 g/mol. The van der Waals surface area contributed by atoms with Crippen LogP contribution in [-0.2, 0) is 13.6 Å². The number of hydrogen-bond acceptors (Lipinski definition) is 6. The van der Waals surface area contributed by atoms with Crippen LogP contribution in [0.25, 0.3) is 0 Å². The fourth-order valence-corrected chi connectivity index (χ4v) is 2.24. The SMILES string of the molecule is Cn1c(NC(=O)c2c[nH]c(=O)n(Cc3ccco3)c2=O)cc(=O)[nH]c1=O. The lowest BCUT2D eigenvalue weighted by atomic mass is 10.3. The van der Waals surface area contributed by atoms with Crippen molar-refractivity contribution >= 4 is 11.7 Å². The Morgan fingerprint density at radius 1 is 1.23 bits per heavy atom. The molecule has 3 heterocycles. The molecule has 0 aliphatic heterocycles. The number of carbonyl (C=O) groups excluding carboxylic acids is 1. The molecule has 0 saturated carbocycles. The third-order valence-electron chi connectivity index (χ3n) is 3.60. The Labute approximate surface area is 143 Å². The number of rotatable bonds is 4. The van der Waals surface area contributed by atoms with Crippen LogP contribution < -0.4 is 27.8 Å². The summed E-state index contributed by atoms with van der Waals surface area (Å²) < 4.78 is 6.88. The van der Waals surface area contributed by atoms with Gasteiger partial charge in [0.1, 0.15) is 17.1 Å². The van der Waals surface area contributed by atoms with Gasteiger partial charge in [-0.1, -0.05) is 0 Å². The van der Waals surface area contributed by atoms with Crippen molar-refractivity contribution in [2.45, 2.75) is 6.54 Å². The zero-order chi connectivity index (χ0) is 18.8. The first-order chi connectivity index (χ1) is 12.4. The molecule has 0 aliphatic rings. The first kappa shape index (κ1) is 17.0. The van der Waals surface area contributed by atoms with E-state index in [1.54, 1.807) is 12.1 Å². The number of furan rings is 1. The number of H-pyrrole nitrogens is 2. The van der Waals surface area contributed by atoms with E-state index < -0.39 is 28.4 Å². The number of aromatic nitrogens is 4. The minimum Gasteiger partial charge on any atom is -0.467 e. The lowest BCUT2D eigenvalue weighted by Crippen LogP contribution is -2.40. The Hall–Kier alpha value is -3.89. The summed E-state index contributed by atoms with van der Waals surface area (Å²) in [7, 11) is 1.33. The smallest absolute Gasteiger partial charge is 0.329 e. The molecule has 3 aromatic heterocycles. The van der Waals surface area contributed by atoms with E-state index in [1.165, 1.54) is 13.3 Å². The highest BCUT2D eigenvalue weighted by Crippen LogP contribution is 2.02. The number of anilines is 1. The number of amides is 1. The molecule has 11 nitrogen and oxygen atoms in total. The molecular formula is C15H13N5O6. The third kappa shape index (κ3) is 3.17. The van der Waals surface area contributed by atoms with E-state index in [0.29, 0.717) is 5.76 Å². The van der Waals surface area contributed by atoms with Crippen LogP contribution in [0.2, 0.25) is 0 Å². The number of aromatic amines is 2. The monoisotopic (exact) mass is 359 g/mol. The van der Waals surface area contributed by atoms with Crippen molar-refractivity contribution < 1.29 is 9.21 Å². The highest BCUT2D eigenvalue weighted by Gasteiger charge is 2.17. The van der Waals surface area contributed by atoms with Crippen LogP contribution in [0, 0.1) is 0 Å². The molecule has 0 saturated heterocycles. The van der Waals surface area contributed by atoms with Gasteiger partial charge in [0.25, 0.3) is 17.0 Å². The van der Waals surface area contributed by atoms with E-state index >= 15 is 0 Å². The second-order valence-corrected chi connectivity index (χ2v) is 5.32. The minimum atomic E-state index is -0.889. The summed E-state index contributed by atoms with van der Waals surface area (Å²) in [5.41, 5.74) is -3.38. The molecule has 0 fully saturated rings. The molecule has 11 heteroatoms. The van der Waals surface area contributed by atoms with Crippen molar-refractivity contribution in [2.75, 3.05) is 5.32 Å². The zero-order valence-corrected chi connectivity index (χ0v) is 13.4. The van der Waals surface area contributed by atoms with Crippen LogP contribution in [0.15, 0.2) is 54.3 Å². The molecule has 3 N–H and O–H groups in total. The number of hydrogen-bond donors (Lipinski definition) is 3. The van der Waals surface area contributed by atoms with Gasteiger partial charge in [-0.05, 0) is 12.1 Å². The Morgan fingerprint density at radius 3 is 2.69 bits per heavy atom.